The maximum Gasteiger partial charge on any atom is 0.251 e. The van der Waals surface area contributed by atoms with Crippen LogP contribution in [0.5, 0.6) is 0 Å². The monoisotopic (exact) mass is 272 g/mol. The van der Waals surface area contributed by atoms with Crippen LogP contribution in [-0.4, -0.2) is 24.5 Å². The molecule has 0 spiro atoms. The van der Waals surface area contributed by atoms with Crippen molar-refractivity contribution in [3.63, 3.8) is 0 Å². The van der Waals surface area contributed by atoms with E-state index in [0.717, 1.165) is 24.4 Å². The van der Waals surface area contributed by atoms with E-state index in [0.29, 0.717) is 12.1 Å². The Balaban J connectivity index is 1.53. The van der Waals surface area contributed by atoms with Gasteiger partial charge < -0.3 is 10.6 Å². The molecule has 4 heteroatoms. The van der Waals surface area contributed by atoms with Gasteiger partial charge in [-0.25, -0.2) is 0 Å². The van der Waals surface area contributed by atoms with Gasteiger partial charge in [0.2, 0.25) is 0 Å². The zero-order chi connectivity index (χ0) is 12.8. The van der Waals surface area contributed by atoms with Crippen LogP contribution in [0.2, 0.25) is 0 Å². The molecule has 2 heterocycles. The van der Waals surface area contributed by atoms with Crippen LogP contribution in [0.1, 0.15) is 23.2 Å². The van der Waals surface area contributed by atoms with Crippen molar-refractivity contribution in [1.82, 2.24) is 10.6 Å². The third-order valence-electron chi connectivity index (χ3n) is 4.36. The lowest BCUT2D eigenvalue weighted by atomic mass is 10.1. The van der Waals surface area contributed by atoms with Gasteiger partial charge in [0, 0.05) is 22.3 Å². The second-order valence-corrected chi connectivity index (χ2v) is 6.55. The highest BCUT2D eigenvalue weighted by Crippen LogP contribution is 2.31. The fourth-order valence-corrected chi connectivity index (χ4v) is 4.19. The molecule has 4 rings (SSSR count). The molecular weight excluding hydrogens is 256 g/mol. The smallest absolute Gasteiger partial charge is 0.251 e. The summed E-state index contributed by atoms with van der Waals surface area (Å²) in [7, 11) is 0. The Morgan fingerprint density at radius 2 is 2.26 bits per heavy atom. The van der Waals surface area contributed by atoms with Crippen LogP contribution in [0.4, 0.5) is 0 Å². The van der Waals surface area contributed by atoms with Crippen molar-refractivity contribution in [2.75, 3.05) is 6.54 Å². The highest BCUT2D eigenvalue weighted by atomic mass is 32.1. The van der Waals surface area contributed by atoms with E-state index in [1.807, 2.05) is 18.2 Å². The van der Waals surface area contributed by atoms with Crippen molar-refractivity contribution in [3.05, 3.63) is 35.2 Å². The second-order valence-electron chi connectivity index (χ2n) is 5.61. The summed E-state index contributed by atoms with van der Waals surface area (Å²) in [5.74, 6) is 0.824. The van der Waals surface area contributed by atoms with Crippen LogP contribution in [0, 0.1) is 5.92 Å². The van der Waals surface area contributed by atoms with Gasteiger partial charge in [-0.1, -0.05) is 6.07 Å². The van der Waals surface area contributed by atoms with Crippen LogP contribution in [-0.2, 0) is 0 Å². The van der Waals surface area contributed by atoms with E-state index in [1.54, 1.807) is 11.3 Å². The Bertz CT molecular complexity index is 636. The van der Waals surface area contributed by atoms with E-state index >= 15 is 0 Å². The van der Waals surface area contributed by atoms with E-state index < -0.39 is 0 Å². The van der Waals surface area contributed by atoms with Crippen molar-refractivity contribution in [2.24, 2.45) is 5.92 Å². The zero-order valence-corrected chi connectivity index (χ0v) is 11.4. The van der Waals surface area contributed by atoms with Gasteiger partial charge in [0.25, 0.3) is 5.91 Å². The molecule has 3 unspecified atom stereocenters. The molecule has 2 bridgehead atoms. The van der Waals surface area contributed by atoms with Gasteiger partial charge in [-0.05, 0) is 54.3 Å². The molecule has 1 aliphatic carbocycles. The summed E-state index contributed by atoms with van der Waals surface area (Å²) in [5.41, 5.74) is 0.776. The van der Waals surface area contributed by atoms with Gasteiger partial charge in [-0.2, -0.15) is 0 Å². The summed E-state index contributed by atoms with van der Waals surface area (Å²) in [6.07, 6.45) is 2.35. The van der Waals surface area contributed by atoms with Gasteiger partial charge in [-0.15, -0.1) is 11.3 Å². The number of hydrogen-bond acceptors (Lipinski definition) is 3. The minimum atomic E-state index is 0.0645. The van der Waals surface area contributed by atoms with Crippen LogP contribution in [0.15, 0.2) is 29.6 Å². The summed E-state index contributed by atoms with van der Waals surface area (Å²) >= 11 is 1.68. The SMILES string of the molecule is O=C(NC1CC2CNC1C2)c1ccc2ccsc2c1. The second kappa shape index (κ2) is 4.32. The maximum atomic E-state index is 12.3. The lowest BCUT2D eigenvalue weighted by molar-refractivity contribution is 0.0928. The molecule has 1 aromatic heterocycles. The molecule has 98 valence electrons. The van der Waals surface area contributed by atoms with E-state index in [4.69, 9.17) is 0 Å². The topological polar surface area (TPSA) is 41.1 Å². The van der Waals surface area contributed by atoms with E-state index in [-0.39, 0.29) is 5.91 Å². The first kappa shape index (κ1) is 11.4. The Morgan fingerprint density at radius 1 is 1.32 bits per heavy atom. The molecule has 19 heavy (non-hydrogen) atoms. The number of carbonyl (C=O) groups is 1. The first-order valence-corrected chi connectivity index (χ1v) is 7.69. The molecule has 2 fully saturated rings. The van der Waals surface area contributed by atoms with E-state index in [1.165, 1.54) is 16.5 Å². The minimum absolute atomic E-state index is 0.0645. The quantitative estimate of drug-likeness (QED) is 0.881. The number of fused-ring (bicyclic) bond motifs is 3. The average Bonchev–Trinajstić information content (AvgIpc) is 3.13. The van der Waals surface area contributed by atoms with E-state index in [2.05, 4.69) is 22.1 Å². The lowest BCUT2D eigenvalue weighted by Crippen LogP contribution is -2.47. The number of hydrogen-bond donors (Lipinski definition) is 2. The average molecular weight is 272 g/mol. The van der Waals surface area contributed by atoms with Crippen LogP contribution in [0.3, 0.4) is 0 Å². The predicted octanol–water partition coefficient (Wildman–Crippen LogP) is 2.38. The molecule has 1 saturated heterocycles. The highest BCUT2D eigenvalue weighted by molar-refractivity contribution is 7.17. The number of benzene rings is 1. The van der Waals surface area contributed by atoms with Crippen LogP contribution in [0.25, 0.3) is 10.1 Å². The summed E-state index contributed by atoms with van der Waals surface area (Å²) < 4.78 is 1.18. The van der Waals surface area contributed by atoms with Gasteiger partial charge in [0.15, 0.2) is 0 Å². The van der Waals surface area contributed by atoms with Crippen molar-refractivity contribution in [2.45, 2.75) is 24.9 Å². The Kier molecular flexibility index (Phi) is 2.60. The number of piperidine rings is 1. The summed E-state index contributed by atoms with van der Waals surface area (Å²) in [4.78, 5) is 12.3. The predicted molar refractivity (Wildman–Crippen MR) is 77.6 cm³/mol. The minimum Gasteiger partial charge on any atom is -0.348 e. The van der Waals surface area contributed by atoms with Gasteiger partial charge in [0.1, 0.15) is 0 Å². The number of nitrogens with one attached hydrogen (secondary N) is 2. The Morgan fingerprint density at radius 3 is 3.05 bits per heavy atom. The number of carbonyl (C=O) groups excluding carboxylic acids is 1. The molecule has 2 N–H and O–H groups in total. The molecule has 1 aromatic carbocycles. The van der Waals surface area contributed by atoms with Gasteiger partial charge >= 0.3 is 0 Å². The summed E-state index contributed by atoms with van der Waals surface area (Å²) in [5, 5.41) is 9.94. The third kappa shape index (κ3) is 1.95. The first-order valence-electron chi connectivity index (χ1n) is 6.81. The molecule has 3 nitrogen and oxygen atoms in total. The maximum absolute atomic E-state index is 12.3. The van der Waals surface area contributed by atoms with Crippen molar-refractivity contribution in [1.29, 1.82) is 0 Å². The number of thiophene rings is 1. The zero-order valence-electron chi connectivity index (χ0n) is 10.6. The Labute approximate surface area is 116 Å². The standard InChI is InChI=1S/C15H16N2OS/c18-15(17-13-6-9-5-12(13)16-8-9)11-2-1-10-3-4-19-14(10)7-11/h1-4,7,9,12-13,16H,5-6,8H2,(H,17,18). The fourth-order valence-electron chi connectivity index (χ4n) is 3.36. The largest absolute Gasteiger partial charge is 0.348 e. The van der Waals surface area contributed by atoms with E-state index in [9.17, 15) is 4.79 Å². The molecule has 0 radical (unpaired) electrons. The Hall–Kier alpha value is -1.39. The fraction of sp³-hybridized carbons (Fsp3) is 0.400. The molecule has 1 aliphatic heterocycles. The van der Waals surface area contributed by atoms with Crippen molar-refractivity contribution < 1.29 is 4.79 Å². The molecule has 1 amide bonds. The highest BCUT2D eigenvalue weighted by Gasteiger charge is 2.39. The van der Waals surface area contributed by atoms with Crippen LogP contribution >= 0.6 is 11.3 Å². The number of rotatable bonds is 2. The normalized spacial score (nSPS) is 28.9. The lowest BCUT2D eigenvalue weighted by Gasteiger charge is -2.24. The molecule has 2 aromatic rings. The molecular formula is C15H16N2OS. The molecule has 3 atom stereocenters. The van der Waals surface area contributed by atoms with Crippen molar-refractivity contribution >= 4 is 27.3 Å². The van der Waals surface area contributed by atoms with Crippen molar-refractivity contribution in [3.8, 4) is 0 Å². The first-order chi connectivity index (χ1) is 9.29. The third-order valence-corrected chi connectivity index (χ3v) is 5.24. The summed E-state index contributed by atoms with van der Waals surface area (Å²) in [6.45, 7) is 1.12. The summed E-state index contributed by atoms with van der Waals surface area (Å²) in [6, 6.07) is 8.83. The molecule has 2 aliphatic rings. The van der Waals surface area contributed by atoms with Crippen LogP contribution < -0.4 is 10.6 Å². The van der Waals surface area contributed by atoms with Gasteiger partial charge in [-0.3, -0.25) is 4.79 Å². The number of amides is 1. The molecule has 1 saturated carbocycles. The van der Waals surface area contributed by atoms with Gasteiger partial charge in [0.05, 0.1) is 0 Å².